The van der Waals surface area contributed by atoms with Crippen molar-refractivity contribution in [3.63, 3.8) is 0 Å². The standard InChI is InChI=1S/C13H24N4/c1-10-6-5-7-11(2)17(10)15-12(3)13-8-14-16(4)9-13/h8-12,15H,5-7H2,1-4H3. The third-order valence-electron chi connectivity index (χ3n) is 3.76. The summed E-state index contributed by atoms with van der Waals surface area (Å²) in [6.45, 7) is 6.81. The van der Waals surface area contributed by atoms with E-state index in [0.29, 0.717) is 18.1 Å². The monoisotopic (exact) mass is 236 g/mol. The molecule has 4 nitrogen and oxygen atoms in total. The molecule has 1 aromatic heterocycles. The number of nitrogens with one attached hydrogen (secondary N) is 1. The molecule has 3 unspecified atom stereocenters. The summed E-state index contributed by atoms with van der Waals surface area (Å²) in [6.07, 6.45) is 7.95. The van der Waals surface area contributed by atoms with Gasteiger partial charge in [0.05, 0.1) is 6.20 Å². The number of rotatable bonds is 3. The Labute approximate surface area is 104 Å². The molecule has 2 rings (SSSR count). The van der Waals surface area contributed by atoms with Gasteiger partial charge in [-0.25, -0.2) is 10.4 Å². The summed E-state index contributed by atoms with van der Waals surface area (Å²) in [5, 5.41) is 6.64. The van der Waals surface area contributed by atoms with E-state index in [0.717, 1.165) is 0 Å². The maximum Gasteiger partial charge on any atom is 0.0537 e. The first-order valence-electron chi connectivity index (χ1n) is 6.61. The maximum atomic E-state index is 4.23. The minimum absolute atomic E-state index is 0.326. The summed E-state index contributed by atoms with van der Waals surface area (Å²) >= 11 is 0. The van der Waals surface area contributed by atoms with Crippen LogP contribution < -0.4 is 5.43 Å². The molecule has 4 heteroatoms. The Balaban J connectivity index is 1.99. The minimum Gasteiger partial charge on any atom is -0.275 e. The molecular weight excluding hydrogens is 212 g/mol. The summed E-state index contributed by atoms with van der Waals surface area (Å²) < 4.78 is 1.86. The molecule has 96 valence electrons. The van der Waals surface area contributed by atoms with E-state index >= 15 is 0 Å². The van der Waals surface area contributed by atoms with Crippen LogP contribution in [0.4, 0.5) is 0 Å². The van der Waals surface area contributed by atoms with Crippen LogP contribution in [0.3, 0.4) is 0 Å². The molecule has 0 radical (unpaired) electrons. The summed E-state index contributed by atoms with van der Waals surface area (Å²) in [4.78, 5) is 0. The lowest BCUT2D eigenvalue weighted by Gasteiger charge is -2.40. The van der Waals surface area contributed by atoms with Crippen molar-refractivity contribution in [2.45, 2.75) is 58.2 Å². The number of aromatic nitrogens is 2. The lowest BCUT2D eigenvalue weighted by Crippen LogP contribution is -2.52. The second-order valence-corrected chi connectivity index (χ2v) is 5.33. The average molecular weight is 236 g/mol. The molecule has 2 heterocycles. The van der Waals surface area contributed by atoms with Crippen LogP contribution >= 0.6 is 0 Å². The van der Waals surface area contributed by atoms with E-state index in [1.54, 1.807) is 0 Å². The largest absolute Gasteiger partial charge is 0.275 e. The predicted molar refractivity (Wildman–Crippen MR) is 69.4 cm³/mol. The van der Waals surface area contributed by atoms with E-state index in [4.69, 9.17) is 0 Å². The van der Waals surface area contributed by atoms with Crippen LogP contribution in [-0.4, -0.2) is 26.9 Å². The SMILES string of the molecule is CC(NN1C(C)CCCC1C)c1cnn(C)c1. The Morgan fingerprint density at radius 3 is 2.53 bits per heavy atom. The molecule has 1 aromatic rings. The second-order valence-electron chi connectivity index (χ2n) is 5.33. The van der Waals surface area contributed by atoms with E-state index in [1.165, 1.54) is 24.8 Å². The molecule has 0 aromatic carbocycles. The van der Waals surface area contributed by atoms with Gasteiger partial charge >= 0.3 is 0 Å². The molecule has 1 aliphatic heterocycles. The molecule has 1 aliphatic rings. The van der Waals surface area contributed by atoms with E-state index in [2.05, 4.69) is 42.5 Å². The first-order chi connectivity index (χ1) is 8.08. The Morgan fingerprint density at radius 1 is 1.35 bits per heavy atom. The van der Waals surface area contributed by atoms with Crippen LogP contribution in [0.2, 0.25) is 0 Å². The average Bonchev–Trinajstić information content (AvgIpc) is 2.70. The molecule has 1 fully saturated rings. The number of aryl methyl sites for hydroxylation is 1. The maximum absolute atomic E-state index is 4.23. The molecule has 0 aliphatic carbocycles. The van der Waals surface area contributed by atoms with Gasteiger partial charge in [0, 0.05) is 36.9 Å². The summed E-state index contributed by atoms with van der Waals surface area (Å²) in [5.41, 5.74) is 4.88. The number of piperidine rings is 1. The molecule has 0 amide bonds. The number of nitrogens with zero attached hydrogens (tertiary/aromatic N) is 3. The van der Waals surface area contributed by atoms with Crippen LogP contribution in [0, 0.1) is 0 Å². The highest BCUT2D eigenvalue weighted by Crippen LogP contribution is 2.22. The number of hydrazine groups is 1. The summed E-state index contributed by atoms with van der Waals surface area (Å²) in [7, 11) is 1.96. The van der Waals surface area contributed by atoms with Crippen molar-refractivity contribution in [1.29, 1.82) is 0 Å². The van der Waals surface area contributed by atoms with E-state index < -0.39 is 0 Å². The van der Waals surface area contributed by atoms with Crippen LogP contribution in [0.5, 0.6) is 0 Å². The van der Waals surface area contributed by atoms with Crippen molar-refractivity contribution < 1.29 is 0 Å². The van der Waals surface area contributed by atoms with Gasteiger partial charge in [-0.05, 0) is 33.6 Å². The quantitative estimate of drug-likeness (QED) is 0.874. The third-order valence-corrected chi connectivity index (χ3v) is 3.76. The van der Waals surface area contributed by atoms with Crippen molar-refractivity contribution >= 4 is 0 Å². The van der Waals surface area contributed by atoms with Crippen LogP contribution in [0.1, 0.15) is 51.6 Å². The molecule has 0 spiro atoms. The van der Waals surface area contributed by atoms with E-state index in [-0.39, 0.29) is 0 Å². The normalized spacial score (nSPS) is 28.2. The van der Waals surface area contributed by atoms with Gasteiger partial charge in [-0.15, -0.1) is 0 Å². The fourth-order valence-electron chi connectivity index (χ4n) is 2.64. The minimum atomic E-state index is 0.326. The molecule has 0 saturated carbocycles. The van der Waals surface area contributed by atoms with Crippen molar-refractivity contribution in [3.8, 4) is 0 Å². The third kappa shape index (κ3) is 2.87. The van der Waals surface area contributed by atoms with Gasteiger partial charge in [0.2, 0.25) is 0 Å². The summed E-state index contributed by atoms with van der Waals surface area (Å²) in [5.74, 6) is 0. The van der Waals surface area contributed by atoms with Crippen LogP contribution in [0.25, 0.3) is 0 Å². The fraction of sp³-hybridized carbons (Fsp3) is 0.769. The van der Waals surface area contributed by atoms with Crippen molar-refractivity contribution in [2.75, 3.05) is 0 Å². The molecule has 1 N–H and O–H groups in total. The van der Waals surface area contributed by atoms with Gasteiger partial charge in [-0.3, -0.25) is 4.68 Å². The fourth-order valence-corrected chi connectivity index (χ4v) is 2.64. The van der Waals surface area contributed by atoms with Crippen LogP contribution in [-0.2, 0) is 7.05 Å². The van der Waals surface area contributed by atoms with Gasteiger partial charge in [-0.1, -0.05) is 6.42 Å². The molecule has 1 saturated heterocycles. The van der Waals surface area contributed by atoms with E-state index in [9.17, 15) is 0 Å². The summed E-state index contributed by atoms with van der Waals surface area (Å²) in [6, 6.07) is 1.57. The van der Waals surface area contributed by atoms with Crippen molar-refractivity contribution in [1.82, 2.24) is 20.2 Å². The Bertz CT molecular complexity index is 350. The molecule has 0 bridgehead atoms. The highest BCUT2D eigenvalue weighted by molar-refractivity contribution is 5.08. The second kappa shape index (κ2) is 5.19. The lowest BCUT2D eigenvalue weighted by molar-refractivity contribution is 0.0320. The molecule has 17 heavy (non-hydrogen) atoms. The molecule has 3 atom stereocenters. The van der Waals surface area contributed by atoms with Crippen LogP contribution in [0.15, 0.2) is 12.4 Å². The van der Waals surface area contributed by atoms with E-state index in [1.807, 2.05) is 17.9 Å². The lowest BCUT2D eigenvalue weighted by atomic mass is 9.99. The van der Waals surface area contributed by atoms with Gasteiger partial charge in [0.25, 0.3) is 0 Å². The highest BCUT2D eigenvalue weighted by Gasteiger charge is 2.26. The Kier molecular flexibility index (Phi) is 3.84. The zero-order valence-electron chi connectivity index (χ0n) is 11.3. The van der Waals surface area contributed by atoms with Gasteiger partial charge < -0.3 is 0 Å². The smallest absolute Gasteiger partial charge is 0.0537 e. The van der Waals surface area contributed by atoms with Gasteiger partial charge in [-0.2, -0.15) is 5.10 Å². The Hall–Kier alpha value is -0.870. The molecular formula is C13H24N4. The predicted octanol–water partition coefficient (Wildman–Crippen LogP) is 2.25. The topological polar surface area (TPSA) is 33.1 Å². The first kappa shape index (κ1) is 12.6. The Morgan fingerprint density at radius 2 is 2.00 bits per heavy atom. The number of hydrogen-bond donors (Lipinski definition) is 1. The zero-order valence-corrected chi connectivity index (χ0v) is 11.3. The zero-order chi connectivity index (χ0) is 12.4. The van der Waals surface area contributed by atoms with Crippen molar-refractivity contribution in [2.24, 2.45) is 7.05 Å². The highest BCUT2D eigenvalue weighted by atomic mass is 15.5. The first-order valence-corrected chi connectivity index (χ1v) is 6.61. The number of hydrogen-bond acceptors (Lipinski definition) is 3. The van der Waals surface area contributed by atoms with Gasteiger partial charge in [0.15, 0.2) is 0 Å². The van der Waals surface area contributed by atoms with Gasteiger partial charge in [0.1, 0.15) is 0 Å². The van der Waals surface area contributed by atoms with Crippen molar-refractivity contribution in [3.05, 3.63) is 18.0 Å².